The molecule has 0 radical (unpaired) electrons. The van der Waals surface area contributed by atoms with Gasteiger partial charge < -0.3 is 15.1 Å². The summed E-state index contributed by atoms with van der Waals surface area (Å²) in [7, 11) is 0. The van der Waals surface area contributed by atoms with E-state index in [0.29, 0.717) is 31.9 Å². The molecule has 1 aliphatic heterocycles. The number of aliphatic carboxylic acids is 1. The molecule has 2 aromatic heterocycles. The van der Waals surface area contributed by atoms with Gasteiger partial charge in [-0.1, -0.05) is 0 Å². The molecule has 3 rings (SSSR count). The van der Waals surface area contributed by atoms with Crippen LogP contribution < -0.4 is 4.90 Å². The van der Waals surface area contributed by atoms with Gasteiger partial charge in [-0.3, -0.25) is 9.48 Å². The van der Waals surface area contributed by atoms with Crippen molar-refractivity contribution < 1.29 is 19.8 Å². The number of nitrogens with zero attached hydrogens (tertiary/aromatic N) is 5. The van der Waals surface area contributed by atoms with Crippen LogP contribution in [0.15, 0.2) is 18.5 Å². The maximum absolute atomic E-state index is 11.0. The highest BCUT2D eigenvalue weighted by molar-refractivity contribution is 5.86. The number of aromatic nitrogens is 4. The molecule has 9 heteroatoms. The predicted octanol–water partition coefficient (Wildman–Crippen LogP) is 0.409. The number of fused-ring (bicyclic) bond motifs is 1. The Labute approximate surface area is 131 Å². The van der Waals surface area contributed by atoms with Crippen LogP contribution >= 0.6 is 0 Å². The van der Waals surface area contributed by atoms with Crippen LogP contribution in [-0.2, 0) is 24.3 Å². The lowest BCUT2D eigenvalue weighted by atomic mass is 10.2. The summed E-state index contributed by atoms with van der Waals surface area (Å²) in [5.41, 5.74) is 1.65. The average Bonchev–Trinajstić information content (AvgIpc) is 2.95. The van der Waals surface area contributed by atoms with Crippen LogP contribution in [0.25, 0.3) is 0 Å². The van der Waals surface area contributed by atoms with Gasteiger partial charge in [0.15, 0.2) is 5.69 Å². The van der Waals surface area contributed by atoms with Crippen LogP contribution in [0.2, 0.25) is 0 Å². The number of carboxylic acids is 2. The first kappa shape index (κ1) is 14.9. The van der Waals surface area contributed by atoms with Gasteiger partial charge in [-0.05, 0) is 6.07 Å². The lowest BCUT2D eigenvalue weighted by Crippen LogP contribution is -2.34. The third kappa shape index (κ3) is 3.28. The Bertz CT molecular complexity index is 757. The van der Waals surface area contributed by atoms with E-state index in [1.165, 1.54) is 12.4 Å². The van der Waals surface area contributed by atoms with E-state index in [1.807, 2.05) is 15.6 Å². The molecule has 120 valence electrons. The highest BCUT2D eigenvalue weighted by Crippen LogP contribution is 2.20. The van der Waals surface area contributed by atoms with E-state index in [1.54, 1.807) is 0 Å². The Morgan fingerprint density at radius 3 is 2.74 bits per heavy atom. The Kier molecular flexibility index (Phi) is 3.92. The van der Waals surface area contributed by atoms with Crippen molar-refractivity contribution in [2.45, 2.75) is 25.9 Å². The maximum atomic E-state index is 11.0. The molecule has 0 bridgehead atoms. The number of aryl methyl sites for hydroxylation is 1. The van der Waals surface area contributed by atoms with E-state index in [0.717, 1.165) is 11.4 Å². The highest BCUT2D eigenvalue weighted by Gasteiger charge is 2.20. The summed E-state index contributed by atoms with van der Waals surface area (Å²) in [6, 6.07) is 3.33. The Morgan fingerprint density at radius 1 is 1.17 bits per heavy atom. The number of hydrogen-bond acceptors (Lipinski definition) is 6. The number of carboxylic acid groups (broad SMARTS) is 2. The van der Waals surface area contributed by atoms with Gasteiger partial charge in [0.1, 0.15) is 12.1 Å². The summed E-state index contributed by atoms with van der Waals surface area (Å²) in [5, 5.41) is 22.1. The van der Waals surface area contributed by atoms with Crippen molar-refractivity contribution in [1.82, 2.24) is 19.7 Å². The van der Waals surface area contributed by atoms with Crippen LogP contribution in [0.5, 0.6) is 0 Å². The fraction of sp³-hybridized carbons (Fsp3) is 0.357. The normalized spacial score (nSPS) is 13.7. The highest BCUT2D eigenvalue weighted by atomic mass is 16.4. The van der Waals surface area contributed by atoms with E-state index >= 15 is 0 Å². The second kappa shape index (κ2) is 6.03. The summed E-state index contributed by atoms with van der Waals surface area (Å²) < 4.78 is 1.85. The first-order valence-corrected chi connectivity index (χ1v) is 7.10. The van der Waals surface area contributed by atoms with Gasteiger partial charge in [-0.25, -0.2) is 14.8 Å². The van der Waals surface area contributed by atoms with Crippen molar-refractivity contribution in [1.29, 1.82) is 0 Å². The van der Waals surface area contributed by atoms with Gasteiger partial charge in [-0.2, -0.15) is 5.10 Å². The minimum atomic E-state index is -1.09. The molecule has 0 fully saturated rings. The van der Waals surface area contributed by atoms with Crippen LogP contribution in [0.4, 0.5) is 5.82 Å². The van der Waals surface area contributed by atoms with Gasteiger partial charge in [-0.15, -0.1) is 0 Å². The summed E-state index contributed by atoms with van der Waals surface area (Å²) >= 11 is 0. The van der Waals surface area contributed by atoms with E-state index in [-0.39, 0.29) is 12.1 Å². The number of rotatable bonds is 5. The van der Waals surface area contributed by atoms with Gasteiger partial charge >= 0.3 is 11.9 Å². The van der Waals surface area contributed by atoms with Crippen molar-refractivity contribution in [2.75, 3.05) is 11.4 Å². The zero-order valence-corrected chi connectivity index (χ0v) is 12.2. The van der Waals surface area contributed by atoms with Gasteiger partial charge in [0.05, 0.1) is 30.9 Å². The lowest BCUT2D eigenvalue weighted by Gasteiger charge is -2.28. The smallest absolute Gasteiger partial charge is 0.354 e. The van der Waals surface area contributed by atoms with Crippen LogP contribution in [0, 0.1) is 0 Å². The summed E-state index contributed by atoms with van der Waals surface area (Å²) in [6.45, 7) is 1.81. The van der Waals surface area contributed by atoms with E-state index < -0.39 is 11.9 Å². The third-order valence-corrected chi connectivity index (χ3v) is 3.64. The van der Waals surface area contributed by atoms with Crippen molar-refractivity contribution >= 4 is 17.8 Å². The molecule has 23 heavy (non-hydrogen) atoms. The Balaban J connectivity index is 1.76. The molecule has 3 heterocycles. The van der Waals surface area contributed by atoms with Crippen molar-refractivity contribution in [3.8, 4) is 0 Å². The van der Waals surface area contributed by atoms with Gasteiger partial charge in [0, 0.05) is 19.0 Å². The monoisotopic (exact) mass is 317 g/mol. The zero-order valence-electron chi connectivity index (χ0n) is 12.2. The van der Waals surface area contributed by atoms with E-state index in [4.69, 9.17) is 10.2 Å². The van der Waals surface area contributed by atoms with Crippen LogP contribution in [-0.4, -0.2) is 48.4 Å². The molecule has 0 aromatic carbocycles. The van der Waals surface area contributed by atoms with Crippen LogP contribution in [0.3, 0.4) is 0 Å². The number of anilines is 1. The van der Waals surface area contributed by atoms with Crippen molar-refractivity contribution in [3.05, 3.63) is 35.5 Å². The molecular weight excluding hydrogens is 302 g/mol. The first-order chi connectivity index (χ1) is 11.0. The molecule has 1 aliphatic rings. The van der Waals surface area contributed by atoms with Crippen molar-refractivity contribution in [2.24, 2.45) is 0 Å². The molecule has 0 unspecified atom stereocenters. The molecule has 0 saturated heterocycles. The fourth-order valence-electron chi connectivity index (χ4n) is 2.52. The quantitative estimate of drug-likeness (QED) is 0.813. The molecule has 2 aromatic rings. The molecule has 0 amide bonds. The maximum Gasteiger partial charge on any atom is 0.354 e. The van der Waals surface area contributed by atoms with Crippen LogP contribution in [0.1, 0.15) is 28.3 Å². The second-order valence-electron chi connectivity index (χ2n) is 5.23. The third-order valence-electron chi connectivity index (χ3n) is 3.64. The summed E-state index contributed by atoms with van der Waals surface area (Å²) in [6.07, 6.45) is 1.68. The standard InChI is InChI=1S/C14H15N5O4/c20-13(21)2-1-9-5-10-7-18(3-4-19(10)17-9)12-6-11(14(22)23)15-8-16-12/h5-6,8H,1-4,7H2,(H,20,21)(H,22,23). The largest absolute Gasteiger partial charge is 0.481 e. The number of hydrogen-bond donors (Lipinski definition) is 2. The first-order valence-electron chi connectivity index (χ1n) is 7.10. The molecule has 0 spiro atoms. The Hall–Kier alpha value is -2.97. The minimum absolute atomic E-state index is 0.0452. The summed E-state index contributed by atoms with van der Waals surface area (Å²) in [5.74, 6) is -1.39. The molecule has 0 atom stereocenters. The molecule has 0 aliphatic carbocycles. The topological polar surface area (TPSA) is 121 Å². The van der Waals surface area contributed by atoms with Gasteiger partial charge in [0.2, 0.25) is 0 Å². The van der Waals surface area contributed by atoms with E-state index in [9.17, 15) is 9.59 Å². The van der Waals surface area contributed by atoms with Crippen molar-refractivity contribution in [3.63, 3.8) is 0 Å². The Morgan fingerprint density at radius 2 is 2.00 bits per heavy atom. The van der Waals surface area contributed by atoms with E-state index in [2.05, 4.69) is 15.1 Å². The zero-order chi connectivity index (χ0) is 16.4. The molecule has 2 N–H and O–H groups in total. The number of carbonyl (C=O) groups is 2. The molecule has 9 nitrogen and oxygen atoms in total. The molecular formula is C14H15N5O4. The predicted molar refractivity (Wildman–Crippen MR) is 78.2 cm³/mol. The van der Waals surface area contributed by atoms with Gasteiger partial charge in [0.25, 0.3) is 0 Å². The second-order valence-corrected chi connectivity index (χ2v) is 5.23. The molecule has 0 saturated carbocycles. The summed E-state index contributed by atoms with van der Waals surface area (Å²) in [4.78, 5) is 31.4. The minimum Gasteiger partial charge on any atom is -0.481 e. The lowest BCUT2D eigenvalue weighted by molar-refractivity contribution is -0.136. The number of aromatic carboxylic acids is 1. The fourth-order valence-corrected chi connectivity index (χ4v) is 2.52. The SMILES string of the molecule is O=C(O)CCc1cc2n(n1)CCN(c1cc(C(=O)O)ncn1)C2. The average molecular weight is 317 g/mol.